The van der Waals surface area contributed by atoms with Crippen molar-refractivity contribution in [3.8, 4) is 6.01 Å². The molecule has 0 fully saturated rings. The van der Waals surface area contributed by atoms with E-state index in [-0.39, 0.29) is 11.7 Å². The number of ether oxygens (including phenoxy) is 2. The van der Waals surface area contributed by atoms with Crippen LogP contribution in [0.1, 0.15) is 42.5 Å². The van der Waals surface area contributed by atoms with Gasteiger partial charge in [-0.3, -0.25) is 0 Å². The molecule has 1 heterocycles. The number of hydrogen-bond donors (Lipinski definition) is 0. The van der Waals surface area contributed by atoms with E-state index in [1.54, 1.807) is 13.0 Å². The van der Waals surface area contributed by atoms with Gasteiger partial charge in [0.25, 0.3) is 0 Å². The Morgan fingerprint density at radius 3 is 2.45 bits per heavy atom. The predicted molar refractivity (Wildman–Crippen MR) is 82.7 cm³/mol. The minimum absolute atomic E-state index is 0.171. The fraction of sp³-hybridized carbons (Fsp3) is 0.353. The summed E-state index contributed by atoms with van der Waals surface area (Å²) in [6.07, 6.45) is 0. The molecule has 0 spiro atoms. The van der Waals surface area contributed by atoms with E-state index >= 15 is 0 Å². The highest BCUT2D eigenvalue weighted by molar-refractivity contribution is 5.87. The van der Waals surface area contributed by atoms with Crippen molar-refractivity contribution in [1.29, 1.82) is 0 Å². The third kappa shape index (κ3) is 4.84. The van der Waals surface area contributed by atoms with Crippen LogP contribution in [0.25, 0.3) is 0 Å². The van der Waals surface area contributed by atoms with Gasteiger partial charge in [0.1, 0.15) is 12.2 Å². The van der Waals surface area contributed by atoms with Crippen LogP contribution in [0.5, 0.6) is 6.01 Å². The second-order valence-electron chi connectivity index (χ2n) is 5.95. The van der Waals surface area contributed by atoms with Crippen molar-refractivity contribution in [1.82, 2.24) is 9.97 Å². The predicted octanol–water partition coefficient (Wildman–Crippen LogP) is 3.32. The fourth-order valence-corrected chi connectivity index (χ4v) is 1.76. The molecule has 0 saturated carbocycles. The summed E-state index contributed by atoms with van der Waals surface area (Å²) in [4.78, 5) is 20.4. The van der Waals surface area contributed by atoms with E-state index in [1.165, 1.54) is 0 Å². The molecular formula is C17H20N2O3. The van der Waals surface area contributed by atoms with Crippen molar-refractivity contribution in [2.24, 2.45) is 0 Å². The highest BCUT2D eigenvalue weighted by Gasteiger charge is 2.20. The van der Waals surface area contributed by atoms with E-state index in [2.05, 4.69) is 9.97 Å². The molecule has 0 aliphatic carbocycles. The number of nitrogens with zero attached hydrogens (tertiary/aromatic N) is 2. The van der Waals surface area contributed by atoms with E-state index < -0.39 is 11.6 Å². The molecular weight excluding hydrogens is 280 g/mol. The summed E-state index contributed by atoms with van der Waals surface area (Å²) in [7, 11) is 0. The van der Waals surface area contributed by atoms with Gasteiger partial charge in [0, 0.05) is 5.69 Å². The molecule has 0 bridgehead atoms. The number of carbonyl (C=O) groups is 1. The van der Waals surface area contributed by atoms with Crippen molar-refractivity contribution >= 4 is 5.97 Å². The average Bonchev–Trinajstić information content (AvgIpc) is 2.44. The Morgan fingerprint density at radius 1 is 1.14 bits per heavy atom. The van der Waals surface area contributed by atoms with E-state index in [1.807, 2.05) is 51.1 Å². The van der Waals surface area contributed by atoms with Gasteiger partial charge in [-0.15, -0.1) is 0 Å². The van der Waals surface area contributed by atoms with E-state index in [0.29, 0.717) is 12.3 Å². The molecule has 116 valence electrons. The Balaban J connectivity index is 2.11. The third-order valence-corrected chi connectivity index (χ3v) is 2.65. The van der Waals surface area contributed by atoms with Crippen LogP contribution in [0.15, 0.2) is 36.4 Å². The number of aromatic nitrogens is 2. The highest BCUT2D eigenvalue weighted by Crippen LogP contribution is 2.14. The molecule has 0 saturated heterocycles. The maximum absolute atomic E-state index is 12.1. The number of esters is 1. The molecule has 0 amide bonds. The van der Waals surface area contributed by atoms with Crippen molar-refractivity contribution in [2.45, 2.75) is 39.9 Å². The second-order valence-corrected chi connectivity index (χ2v) is 5.95. The molecule has 5 heteroatoms. The number of carbonyl (C=O) groups excluding carboxylic acids is 1. The summed E-state index contributed by atoms with van der Waals surface area (Å²) in [6, 6.07) is 11.5. The minimum atomic E-state index is -0.568. The molecule has 0 atom stereocenters. The first-order chi connectivity index (χ1) is 10.3. The number of rotatable bonds is 4. The molecule has 2 rings (SSSR count). The second kappa shape index (κ2) is 6.56. The van der Waals surface area contributed by atoms with E-state index in [9.17, 15) is 4.79 Å². The highest BCUT2D eigenvalue weighted by atomic mass is 16.6. The van der Waals surface area contributed by atoms with Gasteiger partial charge in [-0.1, -0.05) is 30.3 Å². The van der Waals surface area contributed by atoms with Crippen LogP contribution in [0.2, 0.25) is 0 Å². The number of aryl methyl sites for hydroxylation is 1. The van der Waals surface area contributed by atoms with Crippen LogP contribution in [0, 0.1) is 6.92 Å². The average molecular weight is 300 g/mol. The lowest BCUT2D eigenvalue weighted by Crippen LogP contribution is -2.24. The van der Waals surface area contributed by atoms with Crippen LogP contribution in [0.3, 0.4) is 0 Å². The molecule has 1 aromatic heterocycles. The van der Waals surface area contributed by atoms with Crippen molar-refractivity contribution in [3.05, 3.63) is 53.3 Å². The minimum Gasteiger partial charge on any atom is -0.459 e. The smallest absolute Gasteiger partial charge is 0.357 e. The summed E-state index contributed by atoms with van der Waals surface area (Å²) in [5.74, 6) is -0.484. The topological polar surface area (TPSA) is 61.3 Å². The molecule has 0 unspecified atom stereocenters. The van der Waals surface area contributed by atoms with Crippen LogP contribution >= 0.6 is 0 Å². The molecule has 2 aromatic rings. The first kappa shape index (κ1) is 15.9. The van der Waals surface area contributed by atoms with Crippen molar-refractivity contribution < 1.29 is 14.3 Å². The zero-order valence-electron chi connectivity index (χ0n) is 13.3. The fourth-order valence-electron chi connectivity index (χ4n) is 1.76. The Bertz CT molecular complexity index is 649. The Kier molecular flexibility index (Phi) is 4.75. The molecule has 0 aliphatic heterocycles. The Hall–Kier alpha value is -2.43. The summed E-state index contributed by atoms with van der Waals surface area (Å²) in [5, 5.41) is 0. The standard InChI is InChI=1S/C17H20N2O3/c1-12-10-14(15(20)22-17(2,3)4)19-16(18-12)21-11-13-8-6-5-7-9-13/h5-10H,11H2,1-4H3. The van der Waals surface area contributed by atoms with Gasteiger partial charge in [-0.25, -0.2) is 9.78 Å². The largest absolute Gasteiger partial charge is 0.459 e. The lowest BCUT2D eigenvalue weighted by Gasteiger charge is -2.19. The molecule has 0 aliphatic rings. The Labute approximate surface area is 130 Å². The quantitative estimate of drug-likeness (QED) is 0.811. The van der Waals surface area contributed by atoms with Gasteiger partial charge in [0.15, 0.2) is 5.69 Å². The monoisotopic (exact) mass is 300 g/mol. The molecule has 1 aromatic carbocycles. The third-order valence-electron chi connectivity index (χ3n) is 2.65. The molecule has 0 N–H and O–H groups in total. The summed E-state index contributed by atoms with van der Waals surface area (Å²) < 4.78 is 10.9. The molecule has 22 heavy (non-hydrogen) atoms. The van der Waals surface area contributed by atoms with Crippen molar-refractivity contribution in [2.75, 3.05) is 0 Å². The van der Waals surface area contributed by atoms with Gasteiger partial charge < -0.3 is 9.47 Å². The number of hydrogen-bond acceptors (Lipinski definition) is 5. The summed E-state index contributed by atoms with van der Waals surface area (Å²) in [5.41, 5.74) is 1.29. The van der Waals surface area contributed by atoms with Gasteiger partial charge in [-0.2, -0.15) is 4.98 Å². The molecule has 5 nitrogen and oxygen atoms in total. The Morgan fingerprint density at radius 2 is 1.82 bits per heavy atom. The number of benzene rings is 1. The maximum Gasteiger partial charge on any atom is 0.357 e. The summed E-state index contributed by atoms with van der Waals surface area (Å²) in [6.45, 7) is 7.56. The van der Waals surface area contributed by atoms with Gasteiger partial charge in [0.05, 0.1) is 0 Å². The lowest BCUT2D eigenvalue weighted by molar-refractivity contribution is 0.00611. The van der Waals surface area contributed by atoms with Gasteiger partial charge in [-0.05, 0) is 39.3 Å². The van der Waals surface area contributed by atoms with Crippen LogP contribution in [0.4, 0.5) is 0 Å². The van der Waals surface area contributed by atoms with Crippen molar-refractivity contribution in [3.63, 3.8) is 0 Å². The van der Waals surface area contributed by atoms with Gasteiger partial charge >= 0.3 is 12.0 Å². The van der Waals surface area contributed by atoms with E-state index in [4.69, 9.17) is 9.47 Å². The maximum atomic E-state index is 12.1. The van der Waals surface area contributed by atoms with Gasteiger partial charge in [0.2, 0.25) is 0 Å². The first-order valence-electron chi connectivity index (χ1n) is 7.09. The van der Waals surface area contributed by atoms with Crippen LogP contribution in [-0.2, 0) is 11.3 Å². The lowest BCUT2D eigenvalue weighted by atomic mass is 10.2. The van der Waals surface area contributed by atoms with E-state index in [0.717, 1.165) is 5.56 Å². The summed E-state index contributed by atoms with van der Waals surface area (Å²) >= 11 is 0. The zero-order valence-corrected chi connectivity index (χ0v) is 13.3. The molecule has 0 radical (unpaired) electrons. The van der Waals surface area contributed by atoms with Crippen LogP contribution < -0.4 is 4.74 Å². The zero-order chi connectivity index (χ0) is 16.2. The first-order valence-corrected chi connectivity index (χ1v) is 7.09. The normalized spacial score (nSPS) is 11.1. The van der Waals surface area contributed by atoms with Crippen LogP contribution in [-0.4, -0.2) is 21.5 Å². The SMILES string of the molecule is Cc1cc(C(=O)OC(C)(C)C)nc(OCc2ccccc2)n1.